The Hall–Kier alpha value is -1.88. The number of carbonyl (C=O) groups is 2. The average molecular weight is 379 g/mol. The quantitative estimate of drug-likeness (QED) is 0.560. The van der Waals surface area contributed by atoms with Crippen LogP contribution in [0.1, 0.15) is 62.3 Å². The largest absolute Gasteiger partial charge is 0.456 e. The summed E-state index contributed by atoms with van der Waals surface area (Å²) in [6, 6.07) is 9.64. The molecule has 0 bridgehead atoms. The molecule has 152 valence electrons. The molecule has 1 aromatic rings. The van der Waals surface area contributed by atoms with E-state index in [0.29, 0.717) is 0 Å². The van der Waals surface area contributed by atoms with Crippen LogP contribution < -0.4 is 4.48 Å². The molecule has 5 heteroatoms. The van der Waals surface area contributed by atoms with Crippen molar-refractivity contribution in [3.8, 4) is 0 Å². The van der Waals surface area contributed by atoms with Crippen molar-refractivity contribution < 1.29 is 19.1 Å². The summed E-state index contributed by atoms with van der Waals surface area (Å²) in [4.78, 5) is 25.5. The fourth-order valence-corrected chi connectivity index (χ4v) is 3.00. The highest BCUT2D eigenvalue weighted by Gasteiger charge is 2.47. The first-order valence-corrected chi connectivity index (χ1v) is 9.42. The van der Waals surface area contributed by atoms with Crippen molar-refractivity contribution >= 4 is 17.6 Å². The molecule has 0 radical (unpaired) electrons. The van der Waals surface area contributed by atoms with E-state index in [9.17, 15) is 9.59 Å². The maximum Gasteiger partial charge on any atom is 0.362 e. The minimum absolute atomic E-state index is 0.0457. The second-order valence-corrected chi connectivity index (χ2v) is 9.96. The fourth-order valence-electron chi connectivity index (χ4n) is 3.00. The van der Waals surface area contributed by atoms with Crippen molar-refractivity contribution in [3.63, 3.8) is 0 Å². The van der Waals surface area contributed by atoms with E-state index in [0.717, 1.165) is 5.69 Å². The molecule has 0 N–H and O–H groups in total. The van der Waals surface area contributed by atoms with Crippen LogP contribution in [0.5, 0.6) is 0 Å². The Morgan fingerprint density at radius 2 is 1.11 bits per heavy atom. The maximum atomic E-state index is 12.8. The number of carbonyl (C=O) groups excluding carboxylic acids is 2. The van der Waals surface area contributed by atoms with Gasteiger partial charge in [-0.3, -0.25) is 4.48 Å². The van der Waals surface area contributed by atoms with Crippen molar-refractivity contribution in [1.29, 1.82) is 0 Å². The zero-order valence-electron chi connectivity index (χ0n) is 18.4. The molecule has 0 atom stereocenters. The molecule has 0 aliphatic rings. The third kappa shape index (κ3) is 6.98. The molecule has 27 heavy (non-hydrogen) atoms. The Labute approximate surface area is 164 Å². The van der Waals surface area contributed by atoms with Gasteiger partial charge >= 0.3 is 11.9 Å². The van der Waals surface area contributed by atoms with Crippen LogP contribution in [-0.2, 0) is 19.1 Å². The Balaban J connectivity index is 3.38. The van der Waals surface area contributed by atoms with E-state index in [1.807, 2.05) is 92.6 Å². The normalized spacial score (nSPS) is 13.2. The monoisotopic (exact) mass is 378 g/mol. The fraction of sp³-hybridized carbons (Fsp3) is 0.636. The first-order chi connectivity index (χ1) is 12.1. The molecule has 0 saturated heterocycles. The van der Waals surface area contributed by atoms with Crippen molar-refractivity contribution in [3.05, 3.63) is 30.3 Å². The van der Waals surface area contributed by atoms with Gasteiger partial charge in [0.05, 0.1) is 5.54 Å². The molecule has 0 aromatic heterocycles. The minimum atomic E-state index is -0.590. The summed E-state index contributed by atoms with van der Waals surface area (Å²) in [6.07, 6.45) is 0. The number of nitrogens with zero attached hydrogens (tertiary/aromatic N) is 1. The van der Waals surface area contributed by atoms with Gasteiger partial charge < -0.3 is 9.47 Å². The van der Waals surface area contributed by atoms with E-state index >= 15 is 0 Å². The van der Waals surface area contributed by atoms with Gasteiger partial charge in [0.1, 0.15) is 16.9 Å². The predicted octanol–water partition coefficient (Wildman–Crippen LogP) is 4.48. The van der Waals surface area contributed by atoms with Gasteiger partial charge in [-0.25, -0.2) is 9.59 Å². The molecule has 0 amide bonds. The van der Waals surface area contributed by atoms with E-state index in [1.54, 1.807) is 0 Å². The number of para-hydroxylation sites is 1. The summed E-state index contributed by atoms with van der Waals surface area (Å²) in [7, 11) is 0. The van der Waals surface area contributed by atoms with Crippen LogP contribution in [0.3, 0.4) is 0 Å². The van der Waals surface area contributed by atoms with Crippen LogP contribution in [0.2, 0.25) is 0 Å². The lowest BCUT2D eigenvalue weighted by Gasteiger charge is -2.47. The second-order valence-electron chi connectivity index (χ2n) is 9.96. The lowest BCUT2D eigenvalue weighted by atomic mass is 9.98. The second kappa shape index (κ2) is 8.01. The van der Waals surface area contributed by atoms with Gasteiger partial charge in [-0.15, -0.1) is 0 Å². The number of hydrogen-bond acceptors (Lipinski definition) is 4. The lowest BCUT2D eigenvalue weighted by Crippen LogP contribution is -2.66. The number of hydrogen-bond donors (Lipinski definition) is 0. The van der Waals surface area contributed by atoms with Crippen LogP contribution in [0.25, 0.3) is 0 Å². The summed E-state index contributed by atoms with van der Waals surface area (Å²) in [5.74, 6) is -0.685. The van der Waals surface area contributed by atoms with Gasteiger partial charge in [-0.1, -0.05) is 18.2 Å². The third-order valence-electron chi connectivity index (χ3n) is 4.17. The van der Waals surface area contributed by atoms with E-state index in [-0.39, 0.29) is 29.5 Å². The summed E-state index contributed by atoms with van der Waals surface area (Å²) in [5.41, 5.74) is -0.739. The zero-order chi connectivity index (χ0) is 21.1. The number of benzene rings is 1. The predicted molar refractivity (Wildman–Crippen MR) is 109 cm³/mol. The molecular formula is C22H36NO4+. The summed E-state index contributed by atoms with van der Waals surface area (Å²) in [6.45, 7) is 17.2. The molecule has 0 aliphatic heterocycles. The smallest absolute Gasteiger partial charge is 0.362 e. The van der Waals surface area contributed by atoms with Crippen molar-refractivity contribution in [1.82, 2.24) is 4.48 Å². The Morgan fingerprint density at radius 3 is 1.41 bits per heavy atom. The number of ether oxygens (including phenoxy) is 2. The zero-order valence-corrected chi connectivity index (χ0v) is 18.4. The SMILES string of the molecule is CC(C)(C)OC(=O)C[N+](CC(=O)OC(C)(C)C)(c1ccccc1)C(C)(C)C. The van der Waals surface area contributed by atoms with Crippen LogP contribution in [0.4, 0.5) is 5.69 Å². The molecule has 1 rings (SSSR count). The number of rotatable bonds is 5. The molecule has 0 fully saturated rings. The third-order valence-corrected chi connectivity index (χ3v) is 4.17. The summed E-state index contributed by atoms with van der Waals surface area (Å²) < 4.78 is 11.3. The molecule has 0 saturated carbocycles. The maximum absolute atomic E-state index is 12.8. The lowest BCUT2D eigenvalue weighted by molar-refractivity contribution is -0.161. The van der Waals surface area contributed by atoms with Gasteiger partial charge in [0.15, 0.2) is 13.1 Å². The molecule has 0 spiro atoms. The molecule has 5 nitrogen and oxygen atoms in total. The highest BCUT2D eigenvalue weighted by molar-refractivity contribution is 5.80. The average Bonchev–Trinajstić information content (AvgIpc) is 2.42. The Bertz CT molecular complexity index is 616. The summed E-state index contributed by atoms with van der Waals surface area (Å²) in [5, 5.41) is 0. The van der Waals surface area contributed by atoms with Crippen molar-refractivity contribution in [2.75, 3.05) is 13.1 Å². The molecule has 0 unspecified atom stereocenters. The first kappa shape index (κ1) is 23.2. The van der Waals surface area contributed by atoms with Gasteiger partial charge in [0.25, 0.3) is 0 Å². The Morgan fingerprint density at radius 1 is 0.741 bits per heavy atom. The highest BCUT2D eigenvalue weighted by Crippen LogP contribution is 2.34. The van der Waals surface area contributed by atoms with E-state index in [4.69, 9.17) is 9.47 Å². The molecule has 1 aromatic carbocycles. The minimum Gasteiger partial charge on any atom is -0.456 e. The van der Waals surface area contributed by atoms with E-state index in [1.165, 1.54) is 0 Å². The number of esters is 2. The topological polar surface area (TPSA) is 52.6 Å². The van der Waals surface area contributed by atoms with Gasteiger partial charge in [0, 0.05) is 0 Å². The van der Waals surface area contributed by atoms with E-state index in [2.05, 4.69) is 0 Å². The van der Waals surface area contributed by atoms with Crippen LogP contribution in [-0.4, -0.2) is 41.8 Å². The van der Waals surface area contributed by atoms with Gasteiger partial charge in [-0.05, 0) is 74.4 Å². The van der Waals surface area contributed by atoms with Crippen LogP contribution in [0, 0.1) is 0 Å². The van der Waals surface area contributed by atoms with Crippen molar-refractivity contribution in [2.45, 2.75) is 79.1 Å². The summed E-state index contributed by atoms with van der Waals surface area (Å²) >= 11 is 0. The van der Waals surface area contributed by atoms with Crippen LogP contribution in [0.15, 0.2) is 30.3 Å². The standard InChI is InChI=1S/C22H36NO4/c1-20(2,3)23(17-13-11-10-12-14-17,15-18(24)26-21(4,5)6)16-19(25)27-22(7,8)9/h10-14H,15-16H2,1-9H3/q+1. The van der Waals surface area contributed by atoms with Crippen molar-refractivity contribution in [2.24, 2.45) is 0 Å². The Kier molecular flexibility index (Phi) is 6.87. The molecule has 0 heterocycles. The molecular weight excluding hydrogens is 342 g/mol. The number of quaternary nitrogens is 1. The van der Waals surface area contributed by atoms with Gasteiger partial charge in [-0.2, -0.15) is 0 Å². The highest BCUT2D eigenvalue weighted by atomic mass is 16.6. The van der Waals surface area contributed by atoms with Crippen LogP contribution >= 0.6 is 0 Å². The van der Waals surface area contributed by atoms with Gasteiger partial charge in [0.2, 0.25) is 0 Å². The van der Waals surface area contributed by atoms with E-state index < -0.39 is 16.7 Å². The molecule has 0 aliphatic carbocycles. The first-order valence-electron chi connectivity index (χ1n) is 9.42.